The second-order valence-corrected chi connectivity index (χ2v) is 30.8. The summed E-state index contributed by atoms with van der Waals surface area (Å²) in [6.07, 6.45) is -4.18. The van der Waals surface area contributed by atoms with Gasteiger partial charge in [0.25, 0.3) is 8.32 Å². The van der Waals surface area contributed by atoms with Crippen LogP contribution in [0.1, 0.15) is 61.0 Å². The molecule has 2 saturated heterocycles. The number of nitrogens with zero attached hydrogens (tertiary/aromatic N) is 8. The van der Waals surface area contributed by atoms with Gasteiger partial charge in [-0.2, -0.15) is 0 Å². The van der Waals surface area contributed by atoms with Gasteiger partial charge in [-0.25, -0.2) is 29.9 Å². The minimum absolute atomic E-state index is 0.253. The van der Waals surface area contributed by atoms with Gasteiger partial charge in [-0.15, -0.1) is 0 Å². The van der Waals surface area contributed by atoms with E-state index in [0.29, 0.717) is 58.6 Å². The third-order valence-corrected chi connectivity index (χ3v) is 23.9. The smallest absolute Gasteiger partial charge is 0.328 e. The number of anilines is 2. The number of fused-ring (bicyclic) bond motifs is 2. The highest BCUT2D eigenvalue weighted by Gasteiger charge is 2.57. The van der Waals surface area contributed by atoms with Gasteiger partial charge < -0.3 is 53.5 Å². The molecular weight excluding hydrogens is 1240 g/mol. The molecule has 6 heterocycles. The number of ether oxygens (including phenoxy) is 5. The Hall–Kier alpha value is -9.03. The zero-order chi connectivity index (χ0) is 65.7. The maximum Gasteiger partial charge on any atom is 0.328 e. The zero-order valence-corrected chi connectivity index (χ0v) is 55.3. The first kappa shape index (κ1) is 64.7. The molecule has 2 aliphatic rings. The fourth-order valence-electron chi connectivity index (χ4n) is 13.0. The van der Waals surface area contributed by atoms with E-state index in [1.165, 1.54) is 25.6 Å². The minimum atomic E-state index is -4.37. The van der Waals surface area contributed by atoms with E-state index in [0.717, 1.165) is 38.2 Å². The molecule has 95 heavy (non-hydrogen) atoms. The van der Waals surface area contributed by atoms with Gasteiger partial charge in [-0.3, -0.25) is 18.2 Å². The van der Waals surface area contributed by atoms with Crippen molar-refractivity contribution in [2.75, 3.05) is 44.7 Å². The highest BCUT2D eigenvalue weighted by molar-refractivity contribution is 7.53. The molecule has 23 heteroatoms. The first-order chi connectivity index (χ1) is 46.2. The summed E-state index contributed by atoms with van der Waals surface area (Å²) in [5.41, 5.74) is 4.58. The Labute approximate surface area is 551 Å². The van der Waals surface area contributed by atoms with Crippen LogP contribution in [-0.2, 0) is 50.9 Å². The minimum Gasteiger partial charge on any atom is -0.497 e. The van der Waals surface area contributed by atoms with Gasteiger partial charge in [-0.05, 0) is 67.5 Å². The zero-order valence-electron chi connectivity index (χ0n) is 53.4. The van der Waals surface area contributed by atoms with Crippen LogP contribution < -0.4 is 30.5 Å². The quantitative estimate of drug-likeness (QED) is 0.0236. The Morgan fingerprint density at radius 3 is 1.38 bits per heavy atom. The third kappa shape index (κ3) is 13.0. The van der Waals surface area contributed by atoms with Gasteiger partial charge in [0.15, 0.2) is 46.4 Å². The lowest BCUT2D eigenvalue weighted by atomic mass is 9.80. The maximum absolute atomic E-state index is 15.7. The molecule has 0 bridgehead atoms. The highest BCUT2D eigenvalue weighted by atomic mass is 31.2. The monoisotopic (exact) mass is 1310 g/mol. The number of hydrogen-bond donors (Lipinski definition) is 4. The van der Waals surface area contributed by atoms with Crippen LogP contribution in [0.4, 0.5) is 11.6 Å². The van der Waals surface area contributed by atoms with E-state index < -0.39 is 82.2 Å². The average molecular weight is 1320 g/mol. The standard InChI is InChI=1S/C72H75N10O11PSi/c1-71(2,3)95(55-28-18-10-19-29-55,56-30-20-11-21-31-56)93-64-58(91-70(62(64)84)82-47-80-60-66(76-45-78-68(60)82)74-41-49-24-14-8-15-25-49)43-89-94(6,85)92-63-57(90-69(61(63)83)81-46-79-59-65(75-44-77-67(59)81)73-40-48-22-12-7-13-23-48)42-88-72(50-26-16-9-17-27-50,51-32-36-53(86-4)37-33-51)52-34-38-54(87-5)39-35-52/h7-39,44-47,57-58,61-64,69-70,83-84H,40-43H2,1-6H3,(H,73,75,77)(H,74,76,78)/t57-,58-,61-,62-,63-,64-,69-,70-,94?/m1/s1. The van der Waals surface area contributed by atoms with E-state index in [-0.39, 0.29) is 6.61 Å². The predicted octanol–water partition coefficient (Wildman–Crippen LogP) is 10.6. The van der Waals surface area contributed by atoms with Crippen LogP contribution in [0, 0.1) is 0 Å². The van der Waals surface area contributed by atoms with Crippen molar-refractivity contribution < 1.29 is 51.9 Å². The van der Waals surface area contributed by atoms with Crippen LogP contribution in [0.5, 0.6) is 11.5 Å². The van der Waals surface area contributed by atoms with Crippen molar-refractivity contribution >= 4 is 60.3 Å². The molecule has 0 saturated carbocycles. The molecule has 11 aromatic rings. The van der Waals surface area contributed by atoms with Crippen LogP contribution >= 0.6 is 7.60 Å². The van der Waals surface area contributed by atoms with Crippen molar-refractivity contribution in [3.63, 3.8) is 0 Å². The molecule has 4 N–H and O–H groups in total. The number of nitrogens with one attached hydrogen (secondary N) is 2. The molecule has 0 aliphatic carbocycles. The number of aliphatic hydroxyl groups is 2. The summed E-state index contributed by atoms with van der Waals surface area (Å²) in [6.45, 7) is 8.02. The molecule has 0 amide bonds. The van der Waals surface area contributed by atoms with Gasteiger partial charge in [0, 0.05) is 19.8 Å². The van der Waals surface area contributed by atoms with E-state index in [1.807, 2.05) is 176 Å². The second-order valence-electron chi connectivity index (χ2n) is 24.6. The lowest BCUT2D eigenvalue weighted by molar-refractivity contribution is -0.0933. The Kier molecular flexibility index (Phi) is 18.9. The Balaban J connectivity index is 0.859. The van der Waals surface area contributed by atoms with Crippen LogP contribution in [0.2, 0.25) is 5.04 Å². The van der Waals surface area contributed by atoms with E-state index in [2.05, 4.69) is 75.6 Å². The normalized spacial score (nSPS) is 20.6. The third-order valence-electron chi connectivity index (χ3n) is 17.6. The molecule has 7 aromatic carbocycles. The summed E-state index contributed by atoms with van der Waals surface area (Å²) in [5.74, 6) is 2.22. The fourth-order valence-corrected chi connectivity index (χ4v) is 18.9. The molecular formula is C72H75N10O11PSi. The van der Waals surface area contributed by atoms with Crippen molar-refractivity contribution in [1.29, 1.82) is 0 Å². The van der Waals surface area contributed by atoms with Crippen molar-refractivity contribution in [2.24, 2.45) is 0 Å². The first-order valence-corrected chi connectivity index (χ1v) is 35.3. The summed E-state index contributed by atoms with van der Waals surface area (Å²) in [6, 6.07) is 64.9. The summed E-state index contributed by atoms with van der Waals surface area (Å²) in [5, 5.41) is 34.1. The first-order valence-electron chi connectivity index (χ1n) is 31.4. The van der Waals surface area contributed by atoms with E-state index in [4.69, 9.17) is 47.1 Å². The number of rotatable bonds is 25. The SMILES string of the molecule is COc1ccc(C(OC[C@H]2O[C@@H](n3cnc4c(NCc5ccccc5)ncnc43)[C@H](O)[C@@H]2OP(C)(=O)OC[C@H]2O[C@@H](n3cnc4c(NCc5ccccc5)ncnc43)[C@H](O)[C@@H]2O[Si](c2ccccc2)(c2ccccc2)C(C)(C)C)(c2ccccc2)c2ccc(OC)cc2)cc1. The van der Waals surface area contributed by atoms with Crippen molar-refractivity contribution in [1.82, 2.24) is 39.0 Å². The Morgan fingerprint density at radius 2 is 0.937 bits per heavy atom. The molecule has 488 valence electrons. The molecule has 9 atom stereocenters. The number of aromatic nitrogens is 8. The number of imidazole rings is 2. The summed E-state index contributed by atoms with van der Waals surface area (Å²) in [4.78, 5) is 27.9. The largest absolute Gasteiger partial charge is 0.497 e. The van der Waals surface area contributed by atoms with Crippen LogP contribution in [0.15, 0.2) is 225 Å². The van der Waals surface area contributed by atoms with Gasteiger partial charge >= 0.3 is 7.60 Å². The number of hydrogen-bond acceptors (Lipinski definition) is 19. The molecule has 21 nitrogen and oxygen atoms in total. The summed E-state index contributed by atoms with van der Waals surface area (Å²) >= 11 is 0. The maximum atomic E-state index is 15.7. The molecule has 4 aromatic heterocycles. The number of aliphatic hydroxyl groups excluding tert-OH is 2. The van der Waals surface area contributed by atoms with Gasteiger partial charge in [0.05, 0.1) is 40.1 Å². The van der Waals surface area contributed by atoms with E-state index in [1.54, 1.807) is 29.7 Å². The molecule has 13 rings (SSSR count). The molecule has 2 aliphatic heterocycles. The van der Waals surface area contributed by atoms with E-state index in [9.17, 15) is 10.2 Å². The number of methoxy groups -OCH3 is 2. The van der Waals surface area contributed by atoms with Crippen LogP contribution in [-0.4, -0.2) is 128 Å². The van der Waals surface area contributed by atoms with Crippen molar-refractivity contribution in [2.45, 2.75) is 93.6 Å². The lowest BCUT2D eigenvalue weighted by Crippen LogP contribution is -2.69. The predicted molar refractivity (Wildman–Crippen MR) is 363 cm³/mol. The highest BCUT2D eigenvalue weighted by Crippen LogP contribution is 2.52. The van der Waals surface area contributed by atoms with Crippen molar-refractivity contribution in [3.8, 4) is 11.5 Å². The second kappa shape index (κ2) is 27.7. The fraction of sp³-hybridized carbons (Fsp3) is 0.278. The van der Waals surface area contributed by atoms with E-state index >= 15 is 4.57 Å². The number of benzene rings is 7. The molecule has 2 fully saturated rings. The lowest BCUT2D eigenvalue weighted by Gasteiger charge is -2.45. The van der Waals surface area contributed by atoms with Crippen LogP contribution in [0.25, 0.3) is 22.3 Å². The molecule has 0 radical (unpaired) electrons. The van der Waals surface area contributed by atoms with Gasteiger partial charge in [0.1, 0.15) is 66.4 Å². The average Bonchev–Trinajstić information content (AvgIpc) is 1.69. The Morgan fingerprint density at radius 1 is 0.526 bits per heavy atom. The topological polar surface area (TPSA) is 243 Å². The Bertz CT molecular complexity index is 4300. The molecule has 0 spiro atoms. The van der Waals surface area contributed by atoms with Gasteiger partial charge in [-0.1, -0.05) is 197 Å². The molecule has 1 unspecified atom stereocenters. The summed E-state index contributed by atoms with van der Waals surface area (Å²) < 4.78 is 72.7. The van der Waals surface area contributed by atoms with Gasteiger partial charge in [0.2, 0.25) is 0 Å². The summed E-state index contributed by atoms with van der Waals surface area (Å²) in [7, 11) is -4.63. The van der Waals surface area contributed by atoms with Crippen molar-refractivity contribution in [3.05, 3.63) is 253 Å². The van der Waals surface area contributed by atoms with Crippen LogP contribution in [0.3, 0.4) is 0 Å².